The van der Waals surface area contributed by atoms with Gasteiger partial charge in [0, 0.05) is 19.2 Å². The van der Waals surface area contributed by atoms with E-state index in [0.717, 1.165) is 10.0 Å². The Bertz CT molecular complexity index is 456. The molecule has 6 nitrogen and oxygen atoms in total. The molecule has 1 fully saturated rings. The van der Waals surface area contributed by atoms with Crippen LogP contribution >= 0.6 is 12.2 Å². The van der Waals surface area contributed by atoms with E-state index in [1.807, 2.05) is 29.0 Å². The molecular weight excluding hydrogens is 256 g/mol. The molecule has 2 rings (SSSR count). The van der Waals surface area contributed by atoms with Crippen molar-refractivity contribution in [2.75, 3.05) is 13.2 Å². The normalized spacial score (nSPS) is 15.8. The van der Waals surface area contributed by atoms with Crippen LogP contribution in [0.25, 0.3) is 0 Å². The highest BCUT2D eigenvalue weighted by Crippen LogP contribution is 2.05. The van der Waals surface area contributed by atoms with Gasteiger partial charge in [-0.1, -0.05) is 18.3 Å². The van der Waals surface area contributed by atoms with Crippen LogP contribution in [0.2, 0.25) is 0 Å². The minimum atomic E-state index is -0.389. The van der Waals surface area contributed by atoms with Gasteiger partial charge in [-0.3, -0.25) is 4.79 Å². The summed E-state index contributed by atoms with van der Waals surface area (Å²) >= 11 is 5.15. The van der Waals surface area contributed by atoms with Crippen LogP contribution in [0.1, 0.15) is 12.8 Å². The summed E-state index contributed by atoms with van der Waals surface area (Å²) in [5, 5.41) is 0.760. The largest absolute Gasteiger partial charge is 0.339 e. The molecule has 1 aliphatic rings. The van der Waals surface area contributed by atoms with Gasteiger partial charge < -0.3 is 9.40 Å². The maximum atomic E-state index is 11.4. The SMILES string of the molecule is O=C(CCCn1ccccc1=S)ON1OCCO1. The Morgan fingerprint density at radius 2 is 2.17 bits per heavy atom. The topological polar surface area (TPSA) is 52.9 Å². The van der Waals surface area contributed by atoms with E-state index < -0.39 is 0 Å². The summed E-state index contributed by atoms with van der Waals surface area (Å²) in [5.41, 5.74) is 0. The van der Waals surface area contributed by atoms with Crippen LogP contribution in [0, 0.1) is 4.64 Å². The number of hydrogen-bond acceptors (Lipinski definition) is 6. The van der Waals surface area contributed by atoms with Crippen molar-refractivity contribution >= 4 is 18.2 Å². The summed E-state index contributed by atoms with van der Waals surface area (Å²) in [4.78, 5) is 25.9. The number of carbonyl (C=O) groups is 1. The summed E-state index contributed by atoms with van der Waals surface area (Å²) in [5.74, 6) is -0.389. The first-order chi connectivity index (χ1) is 8.75. The van der Waals surface area contributed by atoms with Gasteiger partial charge in [0.1, 0.15) is 23.2 Å². The van der Waals surface area contributed by atoms with Gasteiger partial charge in [-0.05, 0) is 18.6 Å². The molecule has 0 spiro atoms. The highest BCUT2D eigenvalue weighted by Gasteiger charge is 2.18. The van der Waals surface area contributed by atoms with Crippen LogP contribution in [0.5, 0.6) is 0 Å². The van der Waals surface area contributed by atoms with Gasteiger partial charge >= 0.3 is 5.97 Å². The molecule has 2 heterocycles. The van der Waals surface area contributed by atoms with Gasteiger partial charge in [0.25, 0.3) is 0 Å². The quantitative estimate of drug-likeness (QED) is 0.758. The third kappa shape index (κ3) is 3.88. The van der Waals surface area contributed by atoms with Gasteiger partial charge in [-0.2, -0.15) is 0 Å². The monoisotopic (exact) mass is 270 g/mol. The number of rotatable bonds is 5. The zero-order valence-electron chi connectivity index (χ0n) is 9.78. The molecule has 1 aromatic rings. The molecule has 0 bridgehead atoms. The molecule has 18 heavy (non-hydrogen) atoms. The minimum absolute atomic E-state index is 0.278. The van der Waals surface area contributed by atoms with Crippen LogP contribution in [-0.4, -0.2) is 29.1 Å². The fourth-order valence-corrected chi connectivity index (χ4v) is 1.71. The molecule has 0 saturated carbocycles. The van der Waals surface area contributed by atoms with Crippen LogP contribution in [-0.2, 0) is 25.9 Å². The Morgan fingerprint density at radius 3 is 2.89 bits per heavy atom. The zero-order chi connectivity index (χ0) is 12.8. The van der Waals surface area contributed by atoms with Crippen molar-refractivity contribution in [3.63, 3.8) is 0 Å². The van der Waals surface area contributed by atoms with E-state index in [9.17, 15) is 4.79 Å². The fraction of sp³-hybridized carbons (Fsp3) is 0.455. The molecule has 0 atom stereocenters. The molecule has 98 valence electrons. The molecule has 0 aromatic carbocycles. The van der Waals surface area contributed by atoms with Gasteiger partial charge in [0.2, 0.25) is 0 Å². The van der Waals surface area contributed by atoms with Crippen LogP contribution in [0.15, 0.2) is 24.4 Å². The molecule has 0 N–H and O–H groups in total. The Kier molecular flexibility index (Phi) is 4.82. The van der Waals surface area contributed by atoms with Crippen molar-refractivity contribution in [1.29, 1.82) is 0 Å². The third-order valence-electron chi connectivity index (χ3n) is 2.33. The second kappa shape index (κ2) is 6.60. The lowest BCUT2D eigenvalue weighted by Gasteiger charge is -2.10. The first kappa shape index (κ1) is 13.2. The van der Waals surface area contributed by atoms with Crippen molar-refractivity contribution < 1.29 is 19.3 Å². The predicted octanol–water partition coefficient (Wildman–Crippen LogP) is 1.63. The molecule has 0 unspecified atom stereocenters. The maximum Gasteiger partial charge on any atom is 0.330 e. The summed E-state index contributed by atoms with van der Waals surface area (Å²) in [6.07, 6.45) is 2.81. The average Bonchev–Trinajstić information content (AvgIpc) is 2.84. The lowest BCUT2D eigenvalue weighted by Crippen LogP contribution is -2.22. The molecule has 0 amide bonds. The minimum Gasteiger partial charge on any atom is -0.339 e. The van der Waals surface area contributed by atoms with Crippen molar-refractivity contribution in [3.05, 3.63) is 29.0 Å². The second-order valence-corrected chi connectivity index (χ2v) is 4.11. The Balaban J connectivity index is 1.70. The number of carbonyl (C=O) groups excluding carboxylic acids is 1. The maximum absolute atomic E-state index is 11.4. The molecule has 0 radical (unpaired) electrons. The van der Waals surface area contributed by atoms with E-state index in [-0.39, 0.29) is 12.4 Å². The van der Waals surface area contributed by atoms with E-state index in [2.05, 4.69) is 0 Å². The van der Waals surface area contributed by atoms with Crippen molar-refractivity contribution in [2.24, 2.45) is 0 Å². The molecule has 7 heteroatoms. The number of aryl methyl sites for hydroxylation is 1. The van der Waals surface area contributed by atoms with Crippen molar-refractivity contribution in [1.82, 2.24) is 9.96 Å². The number of pyridine rings is 1. The highest BCUT2D eigenvalue weighted by molar-refractivity contribution is 7.71. The van der Waals surface area contributed by atoms with E-state index in [0.29, 0.717) is 26.2 Å². The van der Waals surface area contributed by atoms with Crippen LogP contribution in [0.4, 0.5) is 0 Å². The second-order valence-electron chi connectivity index (χ2n) is 3.69. The highest BCUT2D eigenvalue weighted by atomic mass is 32.1. The van der Waals surface area contributed by atoms with E-state index >= 15 is 0 Å². The first-order valence-electron chi connectivity index (χ1n) is 5.68. The molecule has 1 aliphatic heterocycles. The summed E-state index contributed by atoms with van der Waals surface area (Å²) in [7, 11) is 0. The van der Waals surface area contributed by atoms with E-state index in [4.69, 9.17) is 26.7 Å². The number of nitrogens with zero attached hydrogens (tertiary/aromatic N) is 2. The van der Waals surface area contributed by atoms with Gasteiger partial charge in [-0.15, -0.1) is 0 Å². The molecule has 1 saturated heterocycles. The Hall–Kier alpha value is -1.28. The predicted molar refractivity (Wildman–Crippen MR) is 64.3 cm³/mol. The Labute approximate surface area is 110 Å². The van der Waals surface area contributed by atoms with Crippen LogP contribution < -0.4 is 0 Å². The number of hydrogen-bond donors (Lipinski definition) is 0. The van der Waals surface area contributed by atoms with Gasteiger partial charge in [-0.25, -0.2) is 9.68 Å². The van der Waals surface area contributed by atoms with Gasteiger partial charge in [0.05, 0.1) is 0 Å². The lowest BCUT2D eigenvalue weighted by atomic mass is 10.3. The average molecular weight is 270 g/mol. The first-order valence-corrected chi connectivity index (χ1v) is 6.09. The third-order valence-corrected chi connectivity index (χ3v) is 2.70. The number of aromatic nitrogens is 1. The summed E-state index contributed by atoms with van der Waals surface area (Å²) in [6, 6.07) is 5.63. The standard InChI is InChI=1S/C11H14N2O4S/c14-11(17-13-15-8-9-16-13)5-3-7-12-6-2-1-4-10(12)18/h1-2,4,6H,3,5,7-9H2. The van der Waals surface area contributed by atoms with E-state index in [1.54, 1.807) is 0 Å². The van der Waals surface area contributed by atoms with Crippen LogP contribution in [0.3, 0.4) is 0 Å². The summed E-state index contributed by atoms with van der Waals surface area (Å²) in [6.45, 7) is 1.47. The zero-order valence-corrected chi connectivity index (χ0v) is 10.6. The smallest absolute Gasteiger partial charge is 0.330 e. The molecular formula is C11H14N2O4S. The fourth-order valence-electron chi connectivity index (χ4n) is 1.48. The van der Waals surface area contributed by atoms with Gasteiger partial charge in [0.15, 0.2) is 0 Å². The molecule has 1 aromatic heterocycles. The van der Waals surface area contributed by atoms with E-state index in [1.165, 1.54) is 0 Å². The lowest BCUT2D eigenvalue weighted by molar-refractivity contribution is -0.460. The summed E-state index contributed by atoms with van der Waals surface area (Å²) < 4.78 is 2.66. The molecule has 0 aliphatic carbocycles. The van der Waals surface area contributed by atoms with Crippen molar-refractivity contribution in [2.45, 2.75) is 19.4 Å². The van der Waals surface area contributed by atoms with Crippen molar-refractivity contribution in [3.8, 4) is 0 Å². The Morgan fingerprint density at radius 1 is 1.39 bits per heavy atom.